The maximum absolute atomic E-state index is 11.8. The first-order chi connectivity index (χ1) is 11.5. The van der Waals surface area contributed by atoms with Gasteiger partial charge in [-0.2, -0.15) is 4.98 Å². The minimum Gasteiger partial charge on any atom is -0.383 e. The standard InChI is InChI=1S/C17H23N5O2/c1-11-5-4-6-14(7-11)21-16-15(12(2)23)9-20-17(22-16)19-8-13(18)10-24-3/h4-7,9,13H,8,10,18H2,1-3H3,(H2,19,20,21,22)/t13-/m1/s1. The molecule has 128 valence electrons. The van der Waals surface area contributed by atoms with Crippen molar-refractivity contribution >= 4 is 23.2 Å². The monoisotopic (exact) mass is 329 g/mol. The van der Waals surface area contributed by atoms with Crippen LogP contribution in [0.4, 0.5) is 17.5 Å². The average Bonchev–Trinajstić information content (AvgIpc) is 2.53. The van der Waals surface area contributed by atoms with E-state index in [1.807, 2.05) is 31.2 Å². The van der Waals surface area contributed by atoms with Gasteiger partial charge in [-0.25, -0.2) is 4.98 Å². The smallest absolute Gasteiger partial charge is 0.224 e. The number of benzene rings is 1. The van der Waals surface area contributed by atoms with Gasteiger partial charge in [0.05, 0.1) is 12.2 Å². The Hall–Kier alpha value is -2.51. The van der Waals surface area contributed by atoms with Gasteiger partial charge in [0.15, 0.2) is 5.78 Å². The summed E-state index contributed by atoms with van der Waals surface area (Å²) in [7, 11) is 1.60. The number of hydrogen-bond donors (Lipinski definition) is 3. The van der Waals surface area contributed by atoms with Gasteiger partial charge in [0.1, 0.15) is 5.82 Å². The van der Waals surface area contributed by atoms with Gasteiger partial charge in [0.2, 0.25) is 5.95 Å². The lowest BCUT2D eigenvalue weighted by molar-refractivity contribution is 0.101. The van der Waals surface area contributed by atoms with Crippen molar-refractivity contribution in [3.05, 3.63) is 41.6 Å². The quantitative estimate of drug-likeness (QED) is 0.637. The van der Waals surface area contributed by atoms with Crippen LogP contribution in [-0.2, 0) is 4.74 Å². The summed E-state index contributed by atoms with van der Waals surface area (Å²) in [5.41, 5.74) is 8.28. The lowest BCUT2D eigenvalue weighted by Crippen LogP contribution is -2.33. The van der Waals surface area contributed by atoms with E-state index < -0.39 is 0 Å². The number of nitrogens with two attached hydrogens (primary N) is 1. The van der Waals surface area contributed by atoms with Gasteiger partial charge >= 0.3 is 0 Å². The number of ether oxygens (including phenoxy) is 1. The van der Waals surface area contributed by atoms with Crippen LogP contribution >= 0.6 is 0 Å². The molecular formula is C17H23N5O2. The topological polar surface area (TPSA) is 102 Å². The number of carbonyl (C=O) groups excluding carboxylic acids is 1. The van der Waals surface area contributed by atoms with Crippen molar-refractivity contribution in [3.63, 3.8) is 0 Å². The zero-order valence-corrected chi connectivity index (χ0v) is 14.2. The molecule has 1 aromatic heterocycles. The van der Waals surface area contributed by atoms with Crippen LogP contribution in [-0.4, -0.2) is 42.1 Å². The van der Waals surface area contributed by atoms with Gasteiger partial charge in [-0.15, -0.1) is 0 Å². The highest BCUT2D eigenvalue weighted by Gasteiger charge is 2.12. The summed E-state index contributed by atoms with van der Waals surface area (Å²) in [5.74, 6) is 0.764. The van der Waals surface area contributed by atoms with Crippen LogP contribution in [0.2, 0.25) is 0 Å². The van der Waals surface area contributed by atoms with Gasteiger partial charge in [-0.05, 0) is 31.5 Å². The van der Waals surface area contributed by atoms with Crippen LogP contribution in [0.25, 0.3) is 0 Å². The molecule has 2 rings (SSSR count). The van der Waals surface area contributed by atoms with Crippen molar-refractivity contribution in [1.82, 2.24) is 9.97 Å². The minimum absolute atomic E-state index is 0.104. The Kier molecular flexibility index (Phi) is 6.22. The number of ketones is 1. The SMILES string of the molecule is COC[C@H](N)CNc1ncc(C(C)=O)c(Nc2cccc(C)c2)n1. The summed E-state index contributed by atoms with van der Waals surface area (Å²) < 4.78 is 4.99. The second-order valence-corrected chi connectivity index (χ2v) is 5.60. The first-order valence-corrected chi connectivity index (χ1v) is 7.69. The Bertz CT molecular complexity index is 705. The highest BCUT2D eigenvalue weighted by molar-refractivity contribution is 5.99. The summed E-state index contributed by atoms with van der Waals surface area (Å²) in [4.78, 5) is 20.4. The number of nitrogens with zero attached hydrogens (tertiary/aromatic N) is 2. The second kappa shape index (κ2) is 8.37. The lowest BCUT2D eigenvalue weighted by Gasteiger charge is -2.14. The average molecular weight is 329 g/mol. The van der Waals surface area contributed by atoms with E-state index in [9.17, 15) is 4.79 Å². The van der Waals surface area contributed by atoms with Crippen molar-refractivity contribution < 1.29 is 9.53 Å². The summed E-state index contributed by atoms with van der Waals surface area (Å²) in [6.45, 7) is 4.40. The molecule has 0 saturated carbocycles. The fourth-order valence-corrected chi connectivity index (χ4v) is 2.17. The number of carbonyl (C=O) groups is 1. The first-order valence-electron chi connectivity index (χ1n) is 7.69. The Labute approximate surface area is 141 Å². The second-order valence-electron chi connectivity index (χ2n) is 5.60. The van der Waals surface area contributed by atoms with Crippen molar-refractivity contribution in [2.75, 3.05) is 30.9 Å². The van der Waals surface area contributed by atoms with Crippen LogP contribution < -0.4 is 16.4 Å². The third kappa shape index (κ3) is 5.00. The van der Waals surface area contributed by atoms with Gasteiger partial charge in [-0.3, -0.25) is 4.79 Å². The van der Waals surface area contributed by atoms with Crippen LogP contribution in [0.5, 0.6) is 0 Å². The number of rotatable bonds is 8. The van der Waals surface area contributed by atoms with Crippen LogP contribution in [0, 0.1) is 6.92 Å². The number of aryl methyl sites for hydroxylation is 1. The first kappa shape index (κ1) is 17.8. The summed E-state index contributed by atoms with van der Waals surface area (Å²) in [6.07, 6.45) is 1.51. The molecule has 0 fully saturated rings. The molecule has 1 aromatic carbocycles. The number of hydrogen-bond acceptors (Lipinski definition) is 7. The largest absolute Gasteiger partial charge is 0.383 e. The van der Waals surface area contributed by atoms with Gasteiger partial charge in [0.25, 0.3) is 0 Å². The van der Waals surface area contributed by atoms with Crippen LogP contribution in [0.3, 0.4) is 0 Å². The van der Waals surface area contributed by atoms with E-state index in [1.54, 1.807) is 7.11 Å². The van der Waals surface area contributed by atoms with Crippen molar-refractivity contribution in [1.29, 1.82) is 0 Å². The number of nitrogens with one attached hydrogen (secondary N) is 2. The summed E-state index contributed by atoms with van der Waals surface area (Å²) in [5, 5.41) is 6.23. The minimum atomic E-state index is -0.167. The molecule has 0 saturated heterocycles. The lowest BCUT2D eigenvalue weighted by atomic mass is 10.2. The Morgan fingerprint density at radius 3 is 2.88 bits per heavy atom. The molecule has 4 N–H and O–H groups in total. The number of methoxy groups -OCH3 is 1. The molecule has 2 aromatic rings. The summed E-state index contributed by atoms with van der Waals surface area (Å²) in [6, 6.07) is 7.67. The zero-order chi connectivity index (χ0) is 17.5. The van der Waals surface area contributed by atoms with Crippen molar-refractivity contribution in [2.45, 2.75) is 19.9 Å². The number of Topliss-reactive ketones (excluding diaryl/α,β-unsaturated/α-hetero) is 1. The van der Waals surface area contributed by atoms with Gasteiger partial charge in [0, 0.05) is 31.6 Å². The van der Waals surface area contributed by atoms with E-state index in [1.165, 1.54) is 13.1 Å². The van der Waals surface area contributed by atoms with E-state index in [0.717, 1.165) is 11.3 Å². The maximum atomic E-state index is 11.8. The fraction of sp³-hybridized carbons (Fsp3) is 0.353. The molecule has 0 unspecified atom stereocenters. The van der Waals surface area contributed by atoms with E-state index in [0.29, 0.717) is 30.5 Å². The molecule has 7 nitrogen and oxygen atoms in total. The molecule has 0 aliphatic carbocycles. The molecule has 7 heteroatoms. The summed E-state index contributed by atoms with van der Waals surface area (Å²) >= 11 is 0. The third-order valence-corrected chi connectivity index (χ3v) is 3.35. The Morgan fingerprint density at radius 2 is 2.21 bits per heavy atom. The van der Waals surface area contributed by atoms with E-state index >= 15 is 0 Å². The molecule has 0 radical (unpaired) electrons. The van der Waals surface area contributed by atoms with Crippen molar-refractivity contribution in [2.24, 2.45) is 5.73 Å². The highest BCUT2D eigenvalue weighted by atomic mass is 16.5. The number of anilines is 3. The molecule has 24 heavy (non-hydrogen) atoms. The predicted octanol–water partition coefficient (Wildman–Crippen LogP) is 2.12. The number of aromatic nitrogens is 2. The molecule has 1 atom stereocenters. The van der Waals surface area contributed by atoms with E-state index in [4.69, 9.17) is 10.5 Å². The van der Waals surface area contributed by atoms with Gasteiger partial charge in [-0.1, -0.05) is 12.1 Å². The third-order valence-electron chi connectivity index (χ3n) is 3.35. The van der Waals surface area contributed by atoms with Crippen LogP contribution in [0.1, 0.15) is 22.8 Å². The zero-order valence-electron chi connectivity index (χ0n) is 14.2. The molecule has 0 spiro atoms. The molecule has 0 amide bonds. The predicted molar refractivity (Wildman–Crippen MR) is 94.8 cm³/mol. The normalized spacial score (nSPS) is 11.8. The molecule has 0 aliphatic rings. The van der Waals surface area contributed by atoms with E-state index in [-0.39, 0.29) is 11.8 Å². The fourth-order valence-electron chi connectivity index (χ4n) is 2.17. The van der Waals surface area contributed by atoms with E-state index in [2.05, 4.69) is 20.6 Å². The maximum Gasteiger partial charge on any atom is 0.224 e. The molecule has 0 bridgehead atoms. The molecular weight excluding hydrogens is 306 g/mol. The van der Waals surface area contributed by atoms with Crippen LogP contribution in [0.15, 0.2) is 30.5 Å². The van der Waals surface area contributed by atoms with Gasteiger partial charge < -0.3 is 21.1 Å². The molecule has 1 heterocycles. The Balaban J connectivity index is 2.20. The Morgan fingerprint density at radius 1 is 1.42 bits per heavy atom. The highest BCUT2D eigenvalue weighted by Crippen LogP contribution is 2.21. The van der Waals surface area contributed by atoms with Crippen molar-refractivity contribution in [3.8, 4) is 0 Å². The molecule has 0 aliphatic heterocycles.